The van der Waals surface area contributed by atoms with Crippen LogP contribution < -0.4 is 0 Å². The Morgan fingerprint density at radius 1 is 1.83 bits per heavy atom. The molecular formula is C4H4N2. The number of hydrogen-bond acceptors (Lipinski definition) is 1. The average Bonchev–Trinajstić information content (AvgIpc) is 1.86. The average molecular weight is 80.1 g/mol. The van der Waals surface area contributed by atoms with Crippen molar-refractivity contribution in [3.05, 3.63) is 18.0 Å². The van der Waals surface area contributed by atoms with Crippen LogP contribution in [-0.4, -0.2) is 10.2 Å². The Morgan fingerprint density at radius 2 is 2.67 bits per heavy atom. The number of nitrogens with one attached hydrogen (secondary N) is 1. The maximum atomic E-state index is 3.52. The lowest BCUT2D eigenvalue weighted by molar-refractivity contribution is 1.04. The molecule has 0 saturated carbocycles. The molecule has 1 aromatic rings. The van der Waals surface area contributed by atoms with Crippen LogP contribution in [0.2, 0.25) is 0 Å². The predicted octanol–water partition coefficient (Wildman–Crippen LogP) is 0.318. The van der Waals surface area contributed by atoms with E-state index in [4.69, 9.17) is 0 Å². The van der Waals surface area contributed by atoms with Crippen molar-refractivity contribution in [3.8, 4) is 0 Å². The molecule has 0 spiro atoms. The maximum absolute atomic E-state index is 3.52. The molecule has 0 aromatic carbocycles. The van der Waals surface area contributed by atoms with E-state index in [0.717, 1.165) is 5.69 Å². The predicted molar refractivity (Wildman–Crippen MR) is 21.0 cm³/mol. The number of hydrogen-bond donors (Lipinski definition) is 1. The Bertz CT molecular complexity index is 109. The van der Waals surface area contributed by atoms with Gasteiger partial charge in [-0.1, -0.05) is 0 Å². The van der Waals surface area contributed by atoms with E-state index >= 15 is 0 Å². The lowest BCUT2D eigenvalue weighted by Crippen LogP contribution is -1.65. The number of aromatic nitrogens is 2. The molecule has 6 heavy (non-hydrogen) atoms. The van der Waals surface area contributed by atoms with Crippen LogP contribution in [-0.2, 0) is 0 Å². The second-order valence-electron chi connectivity index (χ2n) is 1.09. The Labute approximate surface area is 36.2 Å². The first-order chi connectivity index (χ1) is 2.89. The molecule has 0 aliphatic rings. The fraction of sp³-hybridized carbons (Fsp3) is 0.250. The zero-order valence-electron chi connectivity index (χ0n) is 3.45. The summed E-state index contributed by atoms with van der Waals surface area (Å²) in [5, 5.41) is 6.16. The molecule has 0 amide bonds. The summed E-state index contributed by atoms with van der Waals surface area (Å²) in [4.78, 5) is 0. The van der Waals surface area contributed by atoms with Crippen molar-refractivity contribution in [2.24, 2.45) is 0 Å². The highest BCUT2D eigenvalue weighted by atomic mass is 15.1. The topological polar surface area (TPSA) is 28.7 Å². The molecule has 1 rings (SSSR count). The van der Waals surface area contributed by atoms with Crippen LogP contribution in [0.4, 0.5) is 0 Å². The molecule has 0 saturated heterocycles. The minimum absolute atomic E-state index is 0.926. The van der Waals surface area contributed by atoms with E-state index in [1.54, 1.807) is 0 Å². The monoisotopic (exact) mass is 80.0 g/mol. The van der Waals surface area contributed by atoms with Crippen LogP contribution >= 0.6 is 0 Å². The molecule has 30 valence electrons. The molecule has 2 nitrogen and oxygen atoms in total. The van der Waals surface area contributed by atoms with Gasteiger partial charge in [0.25, 0.3) is 0 Å². The highest BCUT2D eigenvalue weighted by Crippen LogP contribution is 1.79. The summed E-state index contributed by atoms with van der Waals surface area (Å²) in [6.45, 7) is 1.88. The lowest BCUT2D eigenvalue weighted by atomic mass is 10.5. The quantitative estimate of drug-likeness (QED) is 0.477. The minimum atomic E-state index is 0.926. The fourth-order valence-electron chi connectivity index (χ4n) is 0.252. The molecule has 0 aliphatic heterocycles. The molecule has 0 bridgehead atoms. The first-order valence-electron chi connectivity index (χ1n) is 1.70. The maximum Gasteiger partial charge on any atom is 0.121 e. The van der Waals surface area contributed by atoms with Crippen molar-refractivity contribution in [2.75, 3.05) is 0 Å². The SMILES string of the molecule is Cc1[c][c]n[nH]1. The fourth-order valence-corrected chi connectivity index (χ4v) is 0.252. The van der Waals surface area contributed by atoms with Crippen LogP contribution in [0.15, 0.2) is 0 Å². The summed E-state index contributed by atoms with van der Waals surface area (Å²) in [5.74, 6) is 0. The second-order valence-corrected chi connectivity index (χ2v) is 1.09. The third kappa shape index (κ3) is 0.407. The smallest absolute Gasteiger partial charge is 0.121 e. The third-order valence-corrected chi connectivity index (χ3v) is 0.523. The van der Waals surface area contributed by atoms with E-state index in [-0.39, 0.29) is 0 Å². The first kappa shape index (κ1) is 3.40. The van der Waals surface area contributed by atoms with Gasteiger partial charge in [0.2, 0.25) is 0 Å². The van der Waals surface area contributed by atoms with E-state index < -0.39 is 0 Å². The van der Waals surface area contributed by atoms with Crippen molar-refractivity contribution in [2.45, 2.75) is 6.92 Å². The second kappa shape index (κ2) is 1.12. The van der Waals surface area contributed by atoms with Crippen LogP contribution in [0, 0.1) is 19.2 Å². The van der Waals surface area contributed by atoms with Gasteiger partial charge in [-0.25, -0.2) is 0 Å². The molecule has 0 aliphatic carbocycles. The standard InChI is InChI=1S/C4H4N2/c1-4-2-3-5-6-4/h1H3,(H,5,6). The molecule has 1 heterocycles. The Morgan fingerprint density at radius 3 is 2.83 bits per heavy atom. The Hall–Kier alpha value is -0.790. The lowest BCUT2D eigenvalue weighted by Gasteiger charge is -1.67. The Kier molecular flexibility index (Phi) is 0.638. The molecule has 0 atom stereocenters. The van der Waals surface area contributed by atoms with E-state index in [0.29, 0.717) is 0 Å². The molecule has 1 N–H and O–H groups in total. The summed E-state index contributed by atoms with van der Waals surface area (Å²) in [5.41, 5.74) is 0.926. The number of nitrogens with zero attached hydrogens (tertiary/aromatic N) is 1. The van der Waals surface area contributed by atoms with Gasteiger partial charge in [-0.3, -0.25) is 5.10 Å². The number of aryl methyl sites for hydroxylation is 1. The van der Waals surface area contributed by atoms with Crippen LogP contribution in [0.1, 0.15) is 5.69 Å². The van der Waals surface area contributed by atoms with Crippen LogP contribution in [0.5, 0.6) is 0 Å². The van der Waals surface area contributed by atoms with Gasteiger partial charge in [0, 0.05) is 11.8 Å². The Balaban J connectivity index is 3.05. The summed E-state index contributed by atoms with van der Waals surface area (Å²) in [7, 11) is 0. The van der Waals surface area contributed by atoms with Gasteiger partial charge in [-0.15, -0.1) is 0 Å². The van der Waals surface area contributed by atoms with Crippen molar-refractivity contribution in [3.63, 3.8) is 0 Å². The molecule has 0 fully saturated rings. The highest BCUT2D eigenvalue weighted by molar-refractivity contribution is 4.87. The number of rotatable bonds is 0. The minimum Gasteiger partial charge on any atom is -0.282 e. The number of aromatic amines is 1. The molecule has 2 heteroatoms. The normalized spacial score (nSPS) is 8.83. The zero-order valence-corrected chi connectivity index (χ0v) is 3.45. The summed E-state index contributed by atoms with van der Waals surface area (Å²) < 4.78 is 0. The van der Waals surface area contributed by atoms with Crippen molar-refractivity contribution in [1.29, 1.82) is 0 Å². The van der Waals surface area contributed by atoms with Gasteiger partial charge in [0.05, 0.1) is 0 Å². The number of H-pyrrole nitrogens is 1. The van der Waals surface area contributed by atoms with Crippen molar-refractivity contribution < 1.29 is 0 Å². The summed E-state index contributed by atoms with van der Waals surface area (Å²) in [6.07, 6.45) is 2.50. The molecule has 0 unspecified atom stereocenters. The summed E-state index contributed by atoms with van der Waals surface area (Å²) >= 11 is 0. The van der Waals surface area contributed by atoms with Crippen molar-refractivity contribution in [1.82, 2.24) is 10.2 Å². The molecule has 1 aromatic heterocycles. The van der Waals surface area contributed by atoms with Crippen LogP contribution in [0.3, 0.4) is 0 Å². The molecule has 2 radical (unpaired) electrons. The van der Waals surface area contributed by atoms with E-state index in [1.807, 2.05) is 6.92 Å². The summed E-state index contributed by atoms with van der Waals surface area (Å²) in [6, 6.07) is 2.71. The van der Waals surface area contributed by atoms with E-state index in [2.05, 4.69) is 22.5 Å². The van der Waals surface area contributed by atoms with E-state index in [9.17, 15) is 0 Å². The largest absolute Gasteiger partial charge is 0.282 e. The van der Waals surface area contributed by atoms with Gasteiger partial charge in [-0.2, -0.15) is 5.10 Å². The van der Waals surface area contributed by atoms with Gasteiger partial charge in [-0.05, 0) is 6.92 Å². The van der Waals surface area contributed by atoms with Gasteiger partial charge in [0.15, 0.2) is 0 Å². The van der Waals surface area contributed by atoms with Gasteiger partial charge >= 0.3 is 0 Å². The first-order valence-corrected chi connectivity index (χ1v) is 1.70. The van der Waals surface area contributed by atoms with E-state index in [1.165, 1.54) is 0 Å². The highest BCUT2D eigenvalue weighted by Gasteiger charge is 1.76. The van der Waals surface area contributed by atoms with Gasteiger partial charge < -0.3 is 0 Å². The third-order valence-electron chi connectivity index (χ3n) is 0.523. The van der Waals surface area contributed by atoms with Crippen LogP contribution in [0.25, 0.3) is 0 Å². The molecular weight excluding hydrogens is 76.1 g/mol. The van der Waals surface area contributed by atoms with Crippen molar-refractivity contribution >= 4 is 0 Å². The van der Waals surface area contributed by atoms with Gasteiger partial charge in [0.1, 0.15) is 6.20 Å². The zero-order chi connectivity index (χ0) is 4.41.